The first-order valence-electron chi connectivity index (χ1n) is 5.02. The highest BCUT2D eigenvalue weighted by atomic mass is 35.5. The molecule has 82 valence electrons. The molecule has 1 aromatic heterocycles. The molecule has 0 aromatic carbocycles. The molecule has 15 heavy (non-hydrogen) atoms. The van der Waals surface area contributed by atoms with Gasteiger partial charge in [0.05, 0.1) is 0 Å². The van der Waals surface area contributed by atoms with Crippen LogP contribution in [0.5, 0.6) is 0 Å². The Hall–Kier alpha value is -1.10. The van der Waals surface area contributed by atoms with Crippen LogP contribution in [-0.2, 0) is 0 Å². The number of nitrogens with one attached hydrogen (secondary N) is 2. The quantitative estimate of drug-likeness (QED) is 0.819. The average Bonchev–Trinajstić information content (AvgIpc) is 2.91. The normalized spacial score (nSPS) is 23.7. The van der Waals surface area contributed by atoms with Crippen molar-refractivity contribution in [2.24, 2.45) is 11.8 Å². The third-order valence-corrected chi connectivity index (χ3v) is 2.80. The van der Waals surface area contributed by atoms with Crippen LogP contribution in [0.3, 0.4) is 0 Å². The highest BCUT2D eigenvalue weighted by molar-refractivity contribution is 6.28. The number of hydrogen-bond donors (Lipinski definition) is 2. The van der Waals surface area contributed by atoms with Gasteiger partial charge in [-0.2, -0.15) is 15.0 Å². The van der Waals surface area contributed by atoms with Gasteiger partial charge in [-0.25, -0.2) is 0 Å². The minimum atomic E-state index is 0.209. The predicted molar refractivity (Wildman–Crippen MR) is 60.1 cm³/mol. The first-order valence-corrected chi connectivity index (χ1v) is 5.40. The van der Waals surface area contributed by atoms with Gasteiger partial charge in [-0.3, -0.25) is 0 Å². The smallest absolute Gasteiger partial charge is 0.228 e. The molecule has 0 spiro atoms. The van der Waals surface area contributed by atoms with Crippen molar-refractivity contribution in [3.63, 3.8) is 0 Å². The second kappa shape index (κ2) is 4.18. The molecule has 0 radical (unpaired) electrons. The molecule has 6 heteroatoms. The molecule has 2 rings (SSSR count). The maximum Gasteiger partial charge on any atom is 0.228 e. The van der Waals surface area contributed by atoms with Crippen molar-refractivity contribution in [2.45, 2.75) is 13.3 Å². The maximum atomic E-state index is 5.75. The Morgan fingerprint density at radius 1 is 1.33 bits per heavy atom. The zero-order valence-corrected chi connectivity index (χ0v) is 9.54. The molecule has 1 aromatic rings. The van der Waals surface area contributed by atoms with E-state index in [1.54, 1.807) is 7.05 Å². The minimum Gasteiger partial charge on any atom is -0.357 e. The zero-order valence-electron chi connectivity index (χ0n) is 8.79. The zero-order chi connectivity index (χ0) is 10.8. The van der Waals surface area contributed by atoms with Crippen LogP contribution in [0.15, 0.2) is 0 Å². The van der Waals surface area contributed by atoms with Gasteiger partial charge in [0.2, 0.25) is 17.2 Å². The highest BCUT2D eigenvalue weighted by Crippen LogP contribution is 2.37. The van der Waals surface area contributed by atoms with Crippen molar-refractivity contribution in [3.05, 3.63) is 5.28 Å². The van der Waals surface area contributed by atoms with E-state index in [0.717, 1.165) is 18.4 Å². The lowest BCUT2D eigenvalue weighted by molar-refractivity contribution is 0.779. The largest absolute Gasteiger partial charge is 0.357 e. The Morgan fingerprint density at radius 3 is 2.60 bits per heavy atom. The van der Waals surface area contributed by atoms with Crippen molar-refractivity contribution in [3.8, 4) is 0 Å². The molecule has 1 heterocycles. The summed E-state index contributed by atoms with van der Waals surface area (Å²) in [5.41, 5.74) is 0. The minimum absolute atomic E-state index is 0.209. The van der Waals surface area contributed by atoms with Gasteiger partial charge in [0.15, 0.2) is 0 Å². The maximum absolute atomic E-state index is 5.75. The van der Waals surface area contributed by atoms with Gasteiger partial charge >= 0.3 is 0 Å². The van der Waals surface area contributed by atoms with E-state index in [-0.39, 0.29) is 5.28 Å². The molecule has 2 atom stereocenters. The van der Waals surface area contributed by atoms with Crippen LogP contribution in [0.25, 0.3) is 0 Å². The molecular weight excluding hydrogens is 214 g/mol. The lowest BCUT2D eigenvalue weighted by atomic mass is 10.3. The molecule has 2 N–H and O–H groups in total. The number of halogens is 1. The van der Waals surface area contributed by atoms with E-state index >= 15 is 0 Å². The molecule has 1 aliphatic rings. The molecule has 2 unspecified atom stereocenters. The molecule has 0 amide bonds. The Kier molecular flexibility index (Phi) is 2.90. The molecule has 1 fully saturated rings. The molecule has 0 saturated heterocycles. The highest BCUT2D eigenvalue weighted by Gasteiger charge is 2.32. The van der Waals surface area contributed by atoms with Gasteiger partial charge in [-0.1, -0.05) is 6.92 Å². The van der Waals surface area contributed by atoms with Crippen molar-refractivity contribution < 1.29 is 0 Å². The van der Waals surface area contributed by atoms with Gasteiger partial charge in [-0.15, -0.1) is 0 Å². The second-order valence-electron chi connectivity index (χ2n) is 3.86. The summed E-state index contributed by atoms with van der Waals surface area (Å²) in [7, 11) is 1.75. The van der Waals surface area contributed by atoms with Crippen molar-refractivity contribution in [1.82, 2.24) is 15.0 Å². The molecule has 0 bridgehead atoms. The number of hydrogen-bond acceptors (Lipinski definition) is 5. The van der Waals surface area contributed by atoms with Gasteiger partial charge in [0.1, 0.15) is 0 Å². The van der Waals surface area contributed by atoms with Crippen LogP contribution in [0.4, 0.5) is 11.9 Å². The summed E-state index contributed by atoms with van der Waals surface area (Å²) in [5, 5.41) is 6.21. The Balaban J connectivity index is 1.97. The fraction of sp³-hybridized carbons (Fsp3) is 0.667. The van der Waals surface area contributed by atoms with Gasteiger partial charge in [0, 0.05) is 13.6 Å². The number of nitrogens with zero attached hydrogens (tertiary/aromatic N) is 3. The van der Waals surface area contributed by atoms with Gasteiger partial charge in [-0.05, 0) is 29.9 Å². The van der Waals surface area contributed by atoms with Crippen LogP contribution in [0, 0.1) is 11.8 Å². The summed E-state index contributed by atoms with van der Waals surface area (Å²) in [6.07, 6.45) is 1.28. The molecule has 0 aliphatic heterocycles. The van der Waals surface area contributed by atoms with Gasteiger partial charge < -0.3 is 10.6 Å². The monoisotopic (exact) mass is 227 g/mol. The first kappa shape index (κ1) is 10.4. The van der Waals surface area contributed by atoms with E-state index in [2.05, 4.69) is 32.5 Å². The van der Waals surface area contributed by atoms with E-state index in [4.69, 9.17) is 11.6 Å². The number of rotatable bonds is 4. The summed E-state index contributed by atoms with van der Waals surface area (Å²) in [5.74, 6) is 2.59. The van der Waals surface area contributed by atoms with E-state index < -0.39 is 0 Å². The summed E-state index contributed by atoms with van der Waals surface area (Å²) in [4.78, 5) is 12.0. The van der Waals surface area contributed by atoms with E-state index in [9.17, 15) is 0 Å². The first-order chi connectivity index (χ1) is 7.19. The Labute approximate surface area is 93.7 Å². The molecule has 1 saturated carbocycles. The summed E-state index contributed by atoms with van der Waals surface area (Å²) in [6, 6.07) is 0. The third kappa shape index (κ3) is 2.68. The third-order valence-electron chi connectivity index (χ3n) is 2.63. The topological polar surface area (TPSA) is 62.7 Å². The van der Waals surface area contributed by atoms with E-state index in [1.807, 2.05) is 0 Å². The van der Waals surface area contributed by atoms with E-state index in [0.29, 0.717) is 11.9 Å². The lowest BCUT2D eigenvalue weighted by Gasteiger charge is -2.05. The van der Waals surface area contributed by atoms with Crippen LogP contribution >= 0.6 is 11.6 Å². The van der Waals surface area contributed by atoms with Crippen LogP contribution in [0.1, 0.15) is 13.3 Å². The van der Waals surface area contributed by atoms with Crippen molar-refractivity contribution >= 4 is 23.5 Å². The Morgan fingerprint density at radius 2 is 2.00 bits per heavy atom. The molecular formula is C9H14ClN5. The standard InChI is InChI=1S/C9H14ClN5/c1-5-3-6(5)4-12-9-14-7(10)13-8(11-2)15-9/h5-6H,3-4H2,1-2H3,(H2,11,12,13,14,15). The summed E-state index contributed by atoms with van der Waals surface area (Å²) in [6.45, 7) is 3.15. The van der Waals surface area contributed by atoms with Crippen LogP contribution in [0.2, 0.25) is 5.28 Å². The fourth-order valence-electron chi connectivity index (χ4n) is 1.45. The molecule has 1 aliphatic carbocycles. The predicted octanol–water partition coefficient (Wildman–Crippen LogP) is 1.63. The van der Waals surface area contributed by atoms with Crippen molar-refractivity contribution in [1.29, 1.82) is 0 Å². The number of aromatic nitrogens is 3. The Bertz CT molecular complexity index is 356. The lowest BCUT2D eigenvalue weighted by Crippen LogP contribution is -2.10. The van der Waals surface area contributed by atoms with Crippen LogP contribution in [-0.4, -0.2) is 28.5 Å². The van der Waals surface area contributed by atoms with Crippen LogP contribution < -0.4 is 10.6 Å². The SMILES string of the molecule is CNc1nc(Cl)nc(NCC2CC2C)n1. The average molecular weight is 228 g/mol. The number of anilines is 2. The van der Waals surface area contributed by atoms with Gasteiger partial charge in [0.25, 0.3) is 0 Å². The second-order valence-corrected chi connectivity index (χ2v) is 4.19. The summed E-state index contributed by atoms with van der Waals surface area (Å²) < 4.78 is 0. The van der Waals surface area contributed by atoms with E-state index in [1.165, 1.54) is 6.42 Å². The summed E-state index contributed by atoms with van der Waals surface area (Å²) >= 11 is 5.75. The fourth-order valence-corrected chi connectivity index (χ4v) is 1.61. The molecule has 5 nitrogen and oxygen atoms in total. The van der Waals surface area contributed by atoms with Crippen molar-refractivity contribution in [2.75, 3.05) is 24.2 Å².